The number of imidazole rings is 1. The fourth-order valence-corrected chi connectivity index (χ4v) is 4.89. The van der Waals surface area contributed by atoms with E-state index in [1.54, 1.807) is 7.11 Å². The molecule has 2 aromatic carbocycles. The number of nitrogens with zero attached hydrogens (tertiary/aromatic N) is 5. The molecule has 0 fully saturated rings. The minimum Gasteiger partial charge on any atom is -0.468 e. The van der Waals surface area contributed by atoms with E-state index in [1.165, 1.54) is 18.4 Å². The predicted molar refractivity (Wildman–Crippen MR) is 124 cm³/mol. The van der Waals surface area contributed by atoms with Gasteiger partial charge in [-0.25, -0.2) is 9.89 Å². The number of ether oxygens (including phenoxy) is 2. The minimum atomic E-state index is -0.379. The maximum absolute atomic E-state index is 12.4. The Bertz CT molecular complexity index is 1440. The van der Waals surface area contributed by atoms with Crippen molar-refractivity contribution in [1.29, 1.82) is 0 Å². The summed E-state index contributed by atoms with van der Waals surface area (Å²) in [6, 6.07) is 16.6. The van der Waals surface area contributed by atoms with Crippen LogP contribution in [0.3, 0.4) is 0 Å². The molecule has 166 valence electrons. The zero-order valence-electron chi connectivity index (χ0n) is 18.2. The van der Waals surface area contributed by atoms with Crippen LogP contribution in [0, 0.1) is 6.92 Å². The molecule has 0 aliphatic carbocycles. The van der Waals surface area contributed by atoms with Crippen LogP contribution in [-0.4, -0.2) is 50.4 Å². The second kappa shape index (κ2) is 8.47. The van der Waals surface area contributed by atoms with Crippen molar-refractivity contribution in [3.63, 3.8) is 0 Å². The first kappa shape index (κ1) is 20.8. The third kappa shape index (κ3) is 3.64. The lowest BCUT2D eigenvalue weighted by molar-refractivity contribution is 0.0608. The van der Waals surface area contributed by atoms with Crippen LogP contribution in [0.15, 0.2) is 48.5 Å². The van der Waals surface area contributed by atoms with Crippen LogP contribution in [-0.2, 0) is 11.3 Å². The average molecular weight is 461 g/mol. The normalized spacial score (nSPS) is 11.1. The molecule has 0 atom stereocenters. The highest BCUT2D eigenvalue weighted by atomic mass is 32.1. The van der Waals surface area contributed by atoms with Gasteiger partial charge in [-0.15, -0.1) is 16.4 Å². The Morgan fingerprint density at radius 3 is 2.52 bits per heavy atom. The second-order valence-electron chi connectivity index (χ2n) is 7.35. The number of methoxy groups -OCH3 is 2. The maximum Gasteiger partial charge on any atom is 0.350 e. The Labute approximate surface area is 193 Å². The molecule has 0 radical (unpaired) electrons. The van der Waals surface area contributed by atoms with Crippen molar-refractivity contribution in [3.05, 3.63) is 63.8 Å². The molecule has 0 unspecified atom stereocenters. The topological polar surface area (TPSA) is 108 Å². The first-order valence-corrected chi connectivity index (χ1v) is 11.0. The lowest BCUT2D eigenvalue weighted by atomic mass is 9.98. The van der Waals surface area contributed by atoms with E-state index < -0.39 is 0 Å². The average Bonchev–Trinajstić information content (AvgIpc) is 3.57. The lowest BCUT2D eigenvalue weighted by Crippen LogP contribution is -2.06. The van der Waals surface area contributed by atoms with Crippen molar-refractivity contribution in [2.45, 2.75) is 13.5 Å². The highest BCUT2D eigenvalue weighted by molar-refractivity contribution is 7.15. The van der Waals surface area contributed by atoms with E-state index in [0.29, 0.717) is 23.3 Å². The minimum absolute atomic E-state index is 0.379. The zero-order chi connectivity index (χ0) is 22.9. The van der Waals surface area contributed by atoms with Gasteiger partial charge in [0.25, 0.3) is 6.01 Å². The number of thiophene rings is 1. The molecule has 0 saturated carbocycles. The molecule has 10 heteroatoms. The Balaban J connectivity index is 1.52. The summed E-state index contributed by atoms with van der Waals surface area (Å²) in [5.74, 6) is 0.235. The van der Waals surface area contributed by atoms with E-state index in [0.717, 1.165) is 38.2 Å². The van der Waals surface area contributed by atoms with Crippen LogP contribution in [0.25, 0.3) is 33.5 Å². The van der Waals surface area contributed by atoms with Gasteiger partial charge in [-0.1, -0.05) is 48.5 Å². The van der Waals surface area contributed by atoms with Crippen molar-refractivity contribution in [2.75, 3.05) is 14.2 Å². The van der Waals surface area contributed by atoms with E-state index in [4.69, 9.17) is 9.47 Å². The van der Waals surface area contributed by atoms with Gasteiger partial charge in [0, 0.05) is 10.4 Å². The number of benzene rings is 2. The largest absolute Gasteiger partial charge is 0.468 e. The molecule has 5 rings (SSSR count). The first-order valence-electron chi connectivity index (χ1n) is 10.1. The number of aromatic nitrogens is 6. The molecule has 9 nitrogen and oxygen atoms in total. The number of tetrazole rings is 1. The fourth-order valence-electron chi connectivity index (χ4n) is 3.88. The van der Waals surface area contributed by atoms with Gasteiger partial charge in [-0.05, 0) is 34.0 Å². The Hall–Kier alpha value is -4.05. The fraction of sp³-hybridized carbons (Fsp3) is 0.174. The number of hydrogen-bond acceptors (Lipinski definition) is 8. The Kier molecular flexibility index (Phi) is 5.35. The standard InChI is InChI=1S/C23H20N6O3S/c1-13-18-19(20(33-13)22(30)31-2)29(23(24-18)32-3)12-14-8-10-15(11-9-14)16-6-4-5-7-17(16)21-25-27-28-26-21/h4-11H,12H2,1-3H3,(H,25,26,27,28). The summed E-state index contributed by atoms with van der Waals surface area (Å²) in [6.07, 6.45) is 0. The summed E-state index contributed by atoms with van der Waals surface area (Å²) >= 11 is 1.38. The maximum atomic E-state index is 12.4. The van der Waals surface area contributed by atoms with Crippen LogP contribution in [0.4, 0.5) is 0 Å². The third-order valence-electron chi connectivity index (χ3n) is 5.42. The van der Waals surface area contributed by atoms with Crippen LogP contribution in [0.5, 0.6) is 6.01 Å². The van der Waals surface area contributed by atoms with E-state index in [-0.39, 0.29) is 5.97 Å². The quantitative estimate of drug-likeness (QED) is 0.380. The molecule has 0 aliphatic heterocycles. The molecule has 3 heterocycles. The summed E-state index contributed by atoms with van der Waals surface area (Å²) in [7, 11) is 2.96. The number of rotatable bonds is 6. The highest BCUT2D eigenvalue weighted by Crippen LogP contribution is 2.35. The summed E-state index contributed by atoms with van der Waals surface area (Å²) in [4.78, 5) is 18.4. The van der Waals surface area contributed by atoms with E-state index >= 15 is 0 Å². The summed E-state index contributed by atoms with van der Waals surface area (Å²) in [5, 5.41) is 14.2. The van der Waals surface area contributed by atoms with E-state index in [9.17, 15) is 4.79 Å². The summed E-state index contributed by atoms with van der Waals surface area (Å²) in [5.41, 5.74) is 5.50. The van der Waals surface area contributed by atoms with Crippen molar-refractivity contribution in [1.82, 2.24) is 30.2 Å². The van der Waals surface area contributed by atoms with Crippen LogP contribution >= 0.6 is 11.3 Å². The molecule has 1 N–H and O–H groups in total. The molecule has 0 aliphatic rings. The zero-order valence-corrected chi connectivity index (χ0v) is 19.0. The Morgan fingerprint density at radius 1 is 1.09 bits per heavy atom. The molecule has 3 aromatic heterocycles. The van der Waals surface area contributed by atoms with Gasteiger partial charge in [-0.2, -0.15) is 4.98 Å². The number of hydrogen-bond donors (Lipinski definition) is 1. The van der Waals surface area contributed by atoms with Gasteiger partial charge in [0.1, 0.15) is 10.4 Å². The highest BCUT2D eigenvalue weighted by Gasteiger charge is 2.24. The number of carbonyl (C=O) groups is 1. The number of fused-ring (bicyclic) bond motifs is 1. The number of H-pyrrole nitrogens is 1. The summed E-state index contributed by atoms with van der Waals surface area (Å²) < 4.78 is 12.4. The van der Waals surface area contributed by atoms with Gasteiger partial charge in [0.05, 0.1) is 26.3 Å². The van der Waals surface area contributed by atoms with Crippen molar-refractivity contribution in [3.8, 4) is 28.5 Å². The molecular weight excluding hydrogens is 440 g/mol. The lowest BCUT2D eigenvalue weighted by Gasteiger charge is -2.11. The Morgan fingerprint density at radius 2 is 1.85 bits per heavy atom. The molecule has 0 bridgehead atoms. The molecule has 0 amide bonds. The smallest absolute Gasteiger partial charge is 0.350 e. The number of carbonyl (C=O) groups excluding carboxylic acids is 1. The van der Waals surface area contributed by atoms with Crippen molar-refractivity contribution >= 4 is 28.3 Å². The van der Waals surface area contributed by atoms with Crippen LogP contribution < -0.4 is 4.74 Å². The molecule has 0 spiro atoms. The van der Waals surface area contributed by atoms with Gasteiger partial charge in [0.2, 0.25) is 0 Å². The summed E-state index contributed by atoms with van der Waals surface area (Å²) in [6.45, 7) is 2.43. The van der Waals surface area contributed by atoms with Gasteiger partial charge < -0.3 is 9.47 Å². The third-order valence-corrected chi connectivity index (χ3v) is 6.49. The molecule has 5 aromatic rings. The SMILES string of the molecule is COC(=O)c1sc(C)c2nc(OC)n(Cc3ccc(-c4ccccc4-c4nnn[nH]4)cc3)c12. The van der Waals surface area contributed by atoms with Crippen molar-refractivity contribution in [2.24, 2.45) is 0 Å². The number of aromatic amines is 1. The molecule has 33 heavy (non-hydrogen) atoms. The number of nitrogens with one attached hydrogen (secondary N) is 1. The van der Waals surface area contributed by atoms with Gasteiger partial charge in [-0.3, -0.25) is 4.57 Å². The van der Waals surface area contributed by atoms with Crippen molar-refractivity contribution < 1.29 is 14.3 Å². The monoisotopic (exact) mass is 460 g/mol. The second-order valence-corrected chi connectivity index (χ2v) is 8.58. The van der Waals surface area contributed by atoms with Crippen LogP contribution in [0.1, 0.15) is 20.1 Å². The van der Waals surface area contributed by atoms with Gasteiger partial charge in [0.15, 0.2) is 5.82 Å². The number of esters is 1. The predicted octanol–water partition coefficient (Wildman–Crippen LogP) is 4.10. The number of aryl methyl sites for hydroxylation is 1. The van der Waals surface area contributed by atoms with Gasteiger partial charge >= 0.3 is 5.97 Å². The first-order chi connectivity index (χ1) is 16.1. The van der Waals surface area contributed by atoms with Crippen LogP contribution in [0.2, 0.25) is 0 Å². The van der Waals surface area contributed by atoms with E-state index in [2.05, 4.69) is 37.7 Å². The molecule has 0 saturated heterocycles. The molecular formula is C23H20N6O3S. The van der Waals surface area contributed by atoms with E-state index in [1.807, 2.05) is 47.9 Å².